The van der Waals surface area contributed by atoms with E-state index in [2.05, 4.69) is 31.0 Å². The lowest BCUT2D eigenvalue weighted by Crippen LogP contribution is -2.39. The van der Waals surface area contributed by atoms with Crippen LogP contribution in [-0.4, -0.2) is 64.1 Å². The molecule has 1 N–H and O–H groups in total. The first-order valence-corrected chi connectivity index (χ1v) is 8.11. The fourth-order valence-electron chi connectivity index (χ4n) is 2.37. The average molecular weight is 288 g/mol. The number of unbranched alkanes of at least 4 members (excludes halogenated alkanes) is 1. The Kier molecular flexibility index (Phi) is 13.7. The predicted molar refractivity (Wildman–Crippen MR) is 86.4 cm³/mol. The molecule has 0 saturated heterocycles. The molecular weight excluding hydrogens is 252 g/mol. The van der Waals surface area contributed by atoms with E-state index in [1.807, 2.05) is 0 Å². The van der Waals surface area contributed by atoms with E-state index >= 15 is 0 Å². The fourth-order valence-corrected chi connectivity index (χ4v) is 2.37. The van der Waals surface area contributed by atoms with Crippen LogP contribution in [0.4, 0.5) is 0 Å². The molecule has 0 fully saturated rings. The van der Waals surface area contributed by atoms with Crippen molar-refractivity contribution in [3.05, 3.63) is 0 Å². The van der Waals surface area contributed by atoms with Crippen molar-refractivity contribution in [2.75, 3.05) is 47.1 Å². The monoisotopic (exact) mass is 288 g/mol. The number of hydrogen-bond donors (Lipinski definition) is 1. The summed E-state index contributed by atoms with van der Waals surface area (Å²) in [6, 6.07) is 1.10. The van der Waals surface area contributed by atoms with Crippen LogP contribution in [0.15, 0.2) is 0 Å². The van der Waals surface area contributed by atoms with E-state index in [0.717, 1.165) is 32.8 Å². The molecule has 0 aromatic rings. The molecule has 2 atom stereocenters. The minimum Gasteiger partial charge on any atom is -0.383 e. The summed E-state index contributed by atoms with van der Waals surface area (Å²) in [7, 11) is 3.53. The minimum atomic E-state index is 0.464. The van der Waals surface area contributed by atoms with Crippen molar-refractivity contribution in [3.8, 4) is 0 Å². The van der Waals surface area contributed by atoms with Crippen LogP contribution in [0, 0.1) is 0 Å². The number of rotatable bonds is 14. The summed E-state index contributed by atoms with van der Waals surface area (Å²) in [5, 5.41) is 3.54. The molecule has 0 aromatic heterocycles. The molecule has 0 saturated carbocycles. The molecule has 0 rings (SSSR count). The molecule has 0 spiro atoms. The first-order chi connectivity index (χ1) is 9.65. The highest BCUT2D eigenvalue weighted by molar-refractivity contribution is 4.68. The lowest BCUT2D eigenvalue weighted by Gasteiger charge is -2.28. The fraction of sp³-hybridized carbons (Fsp3) is 1.00. The van der Waals surface area contributed by atoms with Crippen LogP contribution in [0.2, 0.25) is 0 Å². The van der Waals surface area contributed by atoms with Crippen molar-refractivity contribution in [1.82, 2.24) is 10.2 Å². The predicted octanol–water partition coefficient (Wildman–Crippen LogP) is 2.53. The number of hydrogen-bond acceptors (Lipinski definition) is 4. The lowest BCUT2D eigenvalue weighted by atomic mass is 10.1. The summed E-state index contributed by atoms with van der Waals surface area (Å²) in [6.45, 7) is 11.6. The summed E-state index contributed by atoms with van der Waals surface area (Å²) >= 11 is 0. The van der Waals surface area contributed by atoms with Crippen LogP contribution in [-0.2, 0) is 9.47 Å². The van der Waals surface area contributed by atoms with Crippen molar-refractivity contribution in [1.29, 1.82) is 0 Å². The van der Waals surface area contributed by atoms with Crippen LogP contribution in [0.25, 0.3) is 0 Å². The summed E-state index contributed by atoms with van der Waals surface area (Å²) in [6.07, 6.45) is 5.00. The van der Waals surface area contributed by atoms with Gasteiger partial charge in [-0.2, -0.15) is 0 Å². The molecule has 0 aromatic carbocycles. The maximum atomic E-state index is 5.26. The third kappa shape index (κ3) is 10.6. The summed E-state index contributed by atoms with van der Waals surface area (Å²) in [4.78, 5) is 2.47. The van der Waals surface area contributed by atoms with Crippen molar-refractivity contribution >= 4 is 0 Å². The van der Waals surface area contributed by atoms with Gasteiger partial charge in [0, 0.05) is 32.8 Å². The van der Waals surface area contributed by atoms with Crippen molar-refractivity contribution in [2.24, 2.45) is 0 Å². The van der Waals surface area contributed by atoms with Crippen LogP contribution in [0.1, 0.15) is 46.5 Å². The molecule has 122 valence electrons. The lowest BCUT2D eigenvalue weighted by molar-refractivity contribution is 0.0738. The van der Waals surface area contributed by atoms with Gasteiger partial charge in [0.25, 0.3) is 0 Å². The maximum Gasteiger partial charge on any atom is 0.0615 e. The van der Waals surface area contributed by atoms with Crippen LogP contribution in [0.5, 0.6) is 0 Å². The van der Waals surface area contributed by atoms with Gasteiger partial charge < -0.3 is 14.8 Å². The molecular formula is C16H36N2O2. The topological polar surface area (TPSA) is 33.7 Å². The quantitative estimate of drug-likeness (QED) is 0.498. The Morgan fingerprint density at radius 1 is 1.05 bits per heavy atom. The highest BCUT2D eigenvalue weighted by Gasteiger charge is 2.13. The second-order valence-electron chi connectivity index (χ2n) is 5.68. The molecule has 0 radical (unpaired) electrons. The summed E-state index contributed by atoms with van der Waals surface area (Å²) in [5.74, 6) is 0. The third-order valence-corrected chi connectivity index (χ3v) is 3.69. The highest BCUT2D eigenvalue weighted by Crippen LogP contribution is 2.06. The Balaban J connectivity index is 3.82. The number of nitrogens with zero attached hydrogens (tertiary/aromatic N) is 1. The third-order valence-electron chi connectivity index (χ3n) is 3.69. The molecule has 20 heavy (non-hydrogen) atoms. The Labute approximate surface area is 126 Å². The zero-order valence-corrected chi connectivity index (χ0v) is 14.3. The van der Waals surface area contributed by atoms with Crippen LogP contribution in [0.3, 0.4) is 0 Å². The van der Waals surface area contributed by atoms with Gasteiger partial charge in [-0.3, -0.25) is 4.90 Å². The van der Waals surface area contributed by atoms with Crippen molar-refractivity contribution < 1.29 is 9.47 Å². The van der Waals surface area contributed by atoms with Gasteiger partial charge in [0.05, 0.1) is 13.2 Å². The van der Waals surface area contributed by atoms with Gasteiger partial charge in [0.2, 0.25) is 0 Å². The van der Waals surface area contributed by atoms with Gasteiger partial charge in [-0.1, -0.05) is 13.3 Å². The molecule has 0 aliphatic carbocycles. The van der Waals surface area contributed by atoms with Gasteiger partial charge in [-0.25, -0.2) is 0 Å². The van der Waals surface area contributed by atoms with E-state index in [1.165, 1.54) is 25.7 Å². The molecule has 0 heterocycles. The summed E-state index contributed by atoms with van der Waals surface area (Å²) in [5.41, 5.74) is 0. The van der Waals surface area contributed by atoms with Crippen molar-refractivity contribution in [2.45, 2.75) is 58.5 Å². The summed E-state index contributed by atoms with van der Waals surface area (Å²) < 4.78 is 10.5. The van der Waals surface area contributed by atoms with Gasteiger partial charge in [-0.05, 0) is 46.2 Å². The van der Waals surface area contributed by atoms with E-state index in [1.54, 1.807) is 14.2 Å². The Morgan fingerprint density at radius 2 is 1.80 bits per heavy atom. The zero-order chi connectivity index (χ0) is 15.2. The molecule has 0 aliphatic heterocycles. The van der Waals surface area contributed by atoms with E-state index in [4.69, 9.17) is 9.47 Å². The SMILES string of the molecule is CCCNC(C)CCCCN(CCOC)C(C)COC. The molecule has 4 nitrogen and oxygen atoms in total. The number of methoxy groups -OCH3 is 2. The van der Waals surface area contributed by atoms with Gasteiger partial charge in [-0.15, -0.1) is 0 Å². The standard InChI is InChI=1S/C16H36N2O2/c1-6-10-17-15(2)9-7-8-11-18(12-13-19-4)16(3)14-20-5/h15-17H,6-14H2,1-5H3. The molecule has 0 bridgehead atoms. The van der Waals surface area contributed by atoms with E-state index in [-0.39, 0.29) is 0 Å². The number of ether oxygens (including phenoxy) is 2. The van der Waals surface area contributed by atoms with E-state index in [9.17, 15) is 0 Å². The van der Waals surface area contributed by atoms with E-state index < -0.39 is 0 Å². The largest absolute Gasteiger partial charge is 0.383 e. The smallest absolute Gasteiger partial charge is 0.0615 e. The van der Waals surface area contributed by atoms with Crippen molar-refractivity contribution in [3.63, 3.8) is 0 Å². The van der Waals surface area contributed by atoms with Gasteiger partial charge >= 0.3 is 0 Å². The zero-order valence-electron chi connectivity index (χ0n) is 14.3. The average Bonchev–Trinajstić information content (AvgIpc) is 2.44. The Morgan fingerprint density at radius 3 is 2.40 bits per heavy atom. The Bertz CT molecular complexity index is 203. The maximum absolute atomic E-state index is 5.26. The first kappa shape index (κ1) is 19.8. The van der Waals surface area contributed by atoms with Gasteiger partial charge in [0.1, 0.15) is 0 Å². The van der Waals surface area contributed by atoms with E-state index in [0.29, 0.717) is 12.1 Å². The number of nitrogens with one attached hydrogen (secondary N) is 1. The van der Waals surface area contributed by atoms with Crippen LogP contribution < -0.4 is 5.32 Å². The molecule has 4 heteroatoms. The first-order valence-electron chi connectivity index (χ1n) is 8.11. The second kappa shape index (κ2) is 13.8. The van der Waals surface area contributed by atoms with Crippen LogP contribution >= 0.6 is 0 Å². The molecule has 0 amide bonds. The molecule has 2 unspecified atom stereocenters. The molecule has 0 aliphatic rings. The van der Waals surface area contributed by atoms with Gasteiger partial charge in [0.15, 0.2) is 0 Å². The Hall–Kier alpha value is -0.160. The minimum absolute atomic E-state index is 0.464. The highest BCUT2D eigenvalue weighted by atomic mass is 16.5. The second-order valence-corrected chi connectivity index (χ2v) is 5.68. The normalized spacial score (nSPS) is 14.7.